The van der Waals surface area contributed by atoms with Crippen molar-refractivity contribution in [2.45, 2.75) is 44.9 Å². The quantitative estimate of drug-likeness (QED) is 0.871. The largest absolute Gasteiger partial charge is 0.342 e. The van der Waals surface area contributed by atoms with Crippen molar-refractivity contribution >= 4 is 5.91 Å². The Balaban J connectivity index is 1.58. The highest BCUT2D eigenvalue weighted by atomic mass is 16.2. The molecule has 1 aliphatic heterocycles. The van der Waals surface area contributed by atoms with E-state index in [0.717, 1.165) is 38.8 Å². The van der Waals surface area contributed by atoms with Gasteiger partial charge in [0.05, 0.1) is 0 Å². The minimum atomic E-state index is -0.0408. The molecule has 0 aromatic carbocycles. The average Bonchev–Trinajstić information content (AvgIpc) is 2.89. The Bertz CT molecular complexity index is 414. The molecule has 1 amide bonds. The number of H-pyrrole nitrogens is 1. The van der Waals surface area contributed by atoms with Crippen LogP contribution in [0.4, 0.5) is 0 Å². The summed E-state index contributed by atoms with van der Waals surface area (Å²) in [6.45, 7) is 3.93. The van der Waals surface area contributed by atoms with Gasteiger partial charge in [-0.25, -0.2) is 0 Å². The highest BCUT2D eigenvalue weighted by Gasteiger charge is 2.42. The van der Waals surface area contributed by atoms with E-state index in [-0.39, 0.29) is 5.41 Å². The van der Waals surface area contributed by atoms with E-state index < -0.39 is 0 Å². The Labute approximate surface area is 108 Å². The molecular formula is C14H21N3O. The standard InChI is InChI=1S/C14H21N3O/c1-14(6-2-7-14)13(18)17-9-4-11(5-10-17)12-3-8-15-16-12/h3,8,11H,2,4-7,9-10H2,1H3,(H,15,16). The number of amides is 1. The lowest BCUT2D eigenvalue weighted by Gasteiger charge is -2.42. The van der Waals surface area contributed by atoms with E-state index in [1.165, 1.54) is 12.1 Å². The van der Waals surface area contributed by atoms with E-state index in [2.05, 4.69) is 28.1 Å². The van der Waals surface area contributed by atoms with E-state index in [1.54, 1.807) is 0 Å². The number of aromatic nitrogens is 2. The topological polar surface area (TPSA) is 49.0 Å². The van der Waals surface area contributed by atoms with Crippen molar-refractivity contribution in [3.63, 3.8) is 0 Å². The second kappa shape index (κ2) is 4.41. The summed E-state index contributed by atoms with van der Waals surface area (Å²) in [5, 5.41) is 7.06. The fraction of sp³-hybridized carbons (Fsp3) is 0.714. The van der Waals surface area contributed by atoms with E-state index in [1.807, 2.05) is 6.20 Å². The summed E-state index contributed by atoms with van der Waals surface area (Å²) in [7, 11) is 0. The first-order valence-corrected chi connectivity index (χ1v) is 6.98. The maximum atomic E-state index is 12.4. The molecule has 1 aromatic heterocycles. The Hall–Kier alpha value is -1.32. The van der Waals surface area contributed by atoms with Crippen LogP contribution in [0.25, 0.3) is 0 Å². The van der Waals surface area contributed by atoms with Gasteiger partial charge < -0.3 is 4.90 Å². The predicted molar refractivity (Wildman–Crippen MR) is 69.1 cm³/mol. The first-order valence-electron chi connectivity index (χ1n) is 6.98. The van der Waals surface area contributed by atoms with Gasteiger partial charge in [0.25, 0.3) is 0 Å². The summed E-state index contributed by atoms with van der Waals surface area (Å²) in [6, 6.07) is 2.05. The zero-order valence-electron chi connectivity index (χ0n) is 11.0. The van der Waals surface area contributed by atoms with Gasteiger partial charge in [-0.15, -0.1) is 0 Å². The van der Waals surface area contributed by atoms with Crippen LogP contribution in [0.5, 0.6) is 0 Å². The van der Waals surface area contributed by atoms with Gasteiger partial charge in [0.2, 0.25) is 5.91 Å². The van der Waals surface area contributed by atoms with Crippen molar-refractivity contribution in [2.24, 2.45) is 5.41 Å². The number of hydrogen-bond donors (Lipinski definition) is 1. The zero-order valence-corrected chi connectivity index (χ0v) is 11.0. The molecule has 0 spiro atoms. The van der Waals surface area contributed by atoms with Crippen molar-refractivity contribution < 1.29 is 4.79 Å². The van der Waals surface area contributed by atoms with Crippen molar-refractivity contribution in [3.8, 4) is 0 Å². The van der Waals surface area contributed by atoms with Crippen molar-refractivity contribution in [1.82, 2.24) is 15.1 Å². The molecule has 4 nitrogen and oxygen atoms in total. The highest BCUT2D eigenvalue weighted by molar-refractivity contribution is 5.83. The number of likely N-dealkylation sites (tertiary alicyclic amines) is 1. The zero-order chi connectivity index (χ0) is 12.6. The molecule has 1 N–H and O–H groups in total. The Morgan fingerprint density at radius 1 is 1.44 bits per heavy atom. The van der Waals surface area contributed by atoms with Crippen LogP contribution >= 0.6 is 0 Å². The molecule has 1 aromatic rings. The summed E-state index contributed by atoms with van der Waals surface area (Å²) >= 11 is 0. The summed E-state index contributed by atoms with van der Waals surface area (Å²) in [6.07, 6.45) is 7.29. The van der Waals surface area contributed by atoms with Crippen molar-refractivity contribution in [3.05, 3.63) is 18.0 Å². The average molecular weight is 247 g/mol. The number of piperidine rings is 1. The van der Waals surface area contributed by atoms with Crippen LogP contribution in [0.3, 0.4) is 0 Å². The molecule has 1 saturated heterocycles. The molecule has 2 aliphatic rings. The second-order valence-electron chi connectivity index (χ2n) is 5.99. The maximum Gasteiger partial charge on any atom is 0.228 e. The second-order valence-corrected chi connectivity index (χ2v) is 5.99. The number of nitrogens with zero attached hydrogens (tertiary/aromatic N) is 2. The van der Waals surface area contributed by atoms with E-state index in [9.17, 15) is 4.79 Å². The molecular weight excluding hydrogens is 226 g/mol. The lowest BCUT2D eigenvalue weighted by atomic mass is 9.69. The van der Waals surface area contributed by atoms with Crippen LogP contribution in [0.15, 0.2) is 12.3 Å². The first-order chi connectivity index (χ1) is 8.69. The SMILES string of the molecule is CC1(C(=O)N2CCC(c3ccn[nH]3)CC2)CCC1. The number of hydrogen-bond acceptors (Lipinski definition) is 2. The molecule has 0 bridgehead atoms. The number of carbonyl (C=O) groups excluding carboxylic acids is 1. The highest BCUT2D eigenvalue weighted by Crippen LogP contribution is 2.42. The molecule has 0 radical (unpaired) electrons. The monoisotopic (exact) mass is 247 g/mol. The molecule has 2 fully saturated rings. The molecule has 98 valence electrons. The third kappa shape index (κ3) is 1.93. The van der Waals surface area contributed by atoms with Gasteiger partial charge in [0.1, 0.15) is 0 Å². The fourth-order valence-corrected chi connectivity index (χ4v) is 3.19. The van der Waals surface area contributed by atoms with Gasteiger partial charge in [0.15, 0.2) is 0 Å². The van der Waals surface area contributed by atoms with E-state index in [4.69, 9.17) is 0 Å². The van der Waals surface area contributed by atoms with Crippen LogP contribution in [0.2, 0.25) is 0 Å². The van der Waals surface area contributed by atoms with Crippen LogP contribution in [-0.2, 0) is 4.79 Å². The van der Waals surface area contributed by atoms with Gasteiger partial charge in [-0.2, -0.15) is 5.10 Å². The van der Waals surface area contributed by atoms with Crippen molar-refractivity contribution in [1.29, 1.82) is 0 Å². The summed E-state index contributed by atoms with van der Waals surface area (Å²) in [4.78, 5) is 14.5. The first kappa shape index (κ1) is 11.8. The van der Waals surface area contributed by atoms with Gasteiger partial charge >= 0.3 is 0 Å². The minimum absolute atomic E-state index is 0.0408. The molecule has 1 saturated carbocycles. The van der Waals surface area contributed by atoms with E-state index in [0.29, 0.717) is 11.8 Å². The molecule has 0 atom stereocenters. The Morgan fingerprint density at radius 2 is 2.17 bits per heavy atom. The van der Waals surface area contributed by atoms with Gasteiger partial charge in [-0.3, -0.25) is 9.89 Å². The van der Waals surface area contributed by atoms with Crippen LogP contribution in [0.1, 0.15) is 50.6 Å². The number of nitrogens with one attached hydrogen (secondary N) is 1. The molecule has 1 aliphatic carbocycles. The third-order valence-corrected chi connectivity index (χ3v) is 4.72. The molecule has 3 rings (SSSR count). The fourth-order valence-electron chi connectivity index (χ4n) is 3.19. The summed E-state index contributed by atoms with van der Waals surface area (Å²) in [5.41, 5.74) is 1.18. The third-order valence-electron chi connectivity index (χ3n) is 4.72. The molecule has 0 unspecified atom stereocenters. The number of rotatable bonds is 2. The van der Waals surface area contributed by atoms with Crippen LogP contribution in [-0.4, -0.2) is 34.1 Å². The van der Waals surface area contributed by atoms with Gasteiger partial charge in [-0.05, 0) is 31.7 Å². The normalized spacial score (nSPS) is 23.7. The summed E-state index contributed by atoms with van der Waals surface area (Å²) < 4.78 is 0. The lowest BCUT2D eigenvalue weighted by Crippen LogP contribution is -2.48. The summed E-state index contributed by atoms with van der Waals surface area (Å²) in [5.74, 6) is 0.933. The molecule has 4 heteroatoms. The van der Waals surface area contributed by atoms with Crippen molar-refractivity contribution in [2.75, 3.05) is 13.1 Å². The Morgan fingerprint density at radius 3 is 2.67 bits per heavy atom. The Kier molecular flexibility index (Phi) is 2.88. The van der Waals surface area contributed by atoms with Crippen LogP contribution in [0, 0.1) is 5.41 Å². The molecule has 18 heavy (non-hydrogen) atoms. The minimum Gasteiger partial charge on any atom is -0.342 e. The molecule has 2 heterocycles. The smallest absolute Gasteiger partial charge is 0.228 e. The number of aromatic amines is 1. The van der Waals surface area contributed by atoms with Gasteiger partial charge in [0, 0.05) is 36.3 Å². The number of carbonyl (C=O) groups is 1. The van der Waals surface area contributed by atoms with Gasteiger partial charge in [-0.1, -0.05) is 13.3 Å². The lowest BCUT2D eigenvalue weighted by molar-refractivity contribution is -0.147. The van der Waals surface area contributed by atoms with Crippen LogP contribution < -0.4 is 0 Å². The predicted octanol–water partition coefficient (Wildman–Crippen LogP) is 2.31. The van der Waals surface area contributed by atoms with E-state index >= 15 is 0 Å². The maximum absolute atomic E-state index is 12.4.